The summed E-state index contributed by atoms with van der Waals surface area (Å²) in [4.78, 5) is 1.08. The number of anilines is 1. The summed E-state index contributed by atoms with van der Waals surface area (Å²) < 4.78 is 40.2. The number of aromatic nitrogens is 2. The van der Waals surface area contributed by atoms with Crippen molar-refractivity contribution in [2.24, 2.45) is 0 Å². The van der Waals surface area contributed by atoms with Crippen LogP contribution in [0.3, 0.4) is 0 Å². The van der Waals surface area contributed by atoms with Gasteiger partial charge in [-0.15, -0.1) is 24.5 Å². The molecule has 0 aliphatic heterocycles. The minimum atomic E-state index is -4.68. The number of hydrogen-bond acceptors (Lipinski definition) is 4. The third-order valence-electron chi connectivity index (χ3n) is 3.06. The first-order chi connectivity index (χ1) is 11.0. The summed E-state index contributed by atoms with van der Waals surface area (Å²) in [5.41, 5.74) is 2.60. The second-order valence-corrected chi connectivity index (χ2v) is 5.62. The molecule has 0 radical (unpaired) electrons. The van der Waals surface area contributed by atoms with Gasteiger partial charge in [0, 0.05) is 17.8 Å². The maximum absolute atomic E-state index is 12.1. The number of halogens is 3. The van der Waals surface area contributed by atoms with Crippen LogP contribution in [-0.2, 0) is 6.54 Å². The second kappa shape index (κ2) is 6.33. The Kier molecular flexibility index (Phi) is 4.24. The molecule has 0 bridgehead atoms. The van der Waals surface area contributed by atoms with Crippen LogP contribution in [0.5, 0.6) is 5.75 Å². The van der Waals surface area contributed by atoms with E-state index < -0.39 is 6.36 Å². The number of hydrogen-bond donors (Lipinski definition) is 2. The molecule has 4 nitrogen and oxygen atoms in total. The van der Waals surface area contributed by atoms with E-state index in [1.807, 2.05) is 17.5 Å². The van der Waals surface area contributed by atoms with Gasteiger partial charge in [0.1, 0.15) is 5.75 Å². The number of rotatable bonds is 5. The lowest BCUT2D eigenvalue weighted by Crippen LogP contribution is -2.17. The molecular weight excluding hydrogens is 327 g/mol. The minimum absolute atomic E-state index is 0.245. The number of thiophene rings is 1. The summed E-state index contributed by atoms with van der Waals surface area (Å²) in [6.07, 6.45) is -2.95. The van der Waals surface area contributed by atoms with Crippen LogP contribution in [0.25, 0.3) is 10.6 Å². The molecule has 2 N–H and O–H groups in total. The van der Waals surface area contributed by atoms with Gasteiger partial charge in [-0.3, -0.25) is 5.10 Å². The predicted octanol–water partition coefficient (Wildman–Crippen LogP) is 4.65. The monoisotopic (exact) mass is 339 g/mol. The van der Waals surface area contributed by atoms with Crippen LogP contribution >= 0.6 is 11.3 Å². The van der Waals surface area contributed by atoms with E-state index in [4.69, 9.17) is 0 Å². The van der Waals surface area contributed by atoms with Crippen LogP contribution in [-0.4, -0.2) is 16.6 Å². The summed E-state index contributed by atoms with van der Waals surface area (Å²) in [6, 6.07) is 9.55. The summed E-state index contributed by atoms with van der Waals surface area (Å²) in [5, 5.41) is 12.1. The van der Waals surface area contributed by atoms with Crippen LogP contribution in [0, 0.1) is 0 Å². The third kappa shape index (κ3) is 4.04. The first-order valence-corrected chi connectivity index (χ1v) is 7.55. The topological polar surface area (TPSA) is 49.9 Å². The molecule has 0 fully saturated rings. The molecule has 0 spiro atoms. The highest BCUT2D eigenvalue weighted by atomic mass is 32.1. The molecule has 1 aromatic carbocycles. The fraction of sp³-hybridized carbons (Fsp3) is 0.133. The van der Waals surface area contributed by atoms with Gasteiger partial charge in [-0.2, -0.15) is 5.10 Å². The number of aromatic amines is 1. The zero-order valence-electron chi connectivity index (χ0n) is 11.7. The molecule has 8 heteroatoms. The van der Waals surface area contributed by atoms with Crippen molar-refractivity contribution in [2.45, 2.75) is 12.9 Å². The van der Waals surface area contributed by atoms with E-state index >= 15 is 0 Å². The Morgan fingerprint density at radius 1 is 1.17 bits per heavy atom. The number of benzene rings is 1. The average molecular weight is 339 g/mol. The van der Waals surface area contributed by atoms with Crippen molar-refractivity contribution in [3.05, 3.63) is 53.5 Å². The highest BCUT2D eigenvalue weighted by molar-refractivity contribution is 7.13. The third-order valence-corrected chi connectivity index (χ3v) is 3.94. The summed E-state index contributed by atoms with van der Waals surface area (Å²) in [5.74, 6) is -0.245. The van der Waals surface area contributed by atoms with Gasteiger partial charge < -0.3 is 10.1 Å². The molecule has 120 valence electrons. The van der Waals surface area contributed by atoms with Gasteiger partial charge in [0.05, 0.1) is 16.8 Å². The van der Waals surface area contributed by atoms with Crippen LogP contribution < -0.4 is 10.1 Å². The molecule has 2 heterocycles. The van der Waals surface area contributed by atoms with Gasteiger partial charge in [-0.25, -0.2) is 0 Å². The Labute approximate surface area is 133 Å². The van der Waals surface area contributed by atoms with Gasteiger partial charge in [0.15, 0.2) is 0 Å². The van der Waals surface area contributed by atoms with Gasteiger partial charge in [-0.1, -0.05) is 6.07 Å². The Bertz CT molecular complexity index is 751. The quantitative estimate of drug-likeness (QED) is 0.711. The molecule has 0 atom stereocenters. The van der Waals surface area contributed by atoms with Crippen molar-refractivity contribution >= 4 is 17.0 Å². The normalized spacial score (nSPS) is 11.4. The number of H-pyrrole nitrogens is 1. The van der Waals surface area contributed by atoms with Crippen LogP contribution in [0.15, 0.2) is 48.0 Å². The Morgan fingerprint density at radius 2 is 1.96 bits per heavy atom. The Balaban J connectivity index is 1.64. The molecular formula is C15H12F3N3OS. The van der Waals surface area contributed by atoms with Crippen LogP contribution in [0.4, 0.5) is 18.9 Å². The fourth-order valence-corrected chi connectivity index (χ4v) is 2.81. The van der Waals surface area contributed by atoms with Gasteiger partial charge in [0.2, 0.25) is 0 Å². The van der Waals surface area contributed by atoms with Crippen LogP contribution in [0.1, 0.15) is 5.56 Å². The van der Waals surface area contributed by atoms with E-state index in [9.17, 15) is 13.2 Å². The number of nitrogens with zero attached hydrogens (tertiary/aromatic N) is 1. The number of nitrogens with one attached hydrogen (secondary N) is 2. The van der Waals surface area contributed by atoms with Gasteiger partial charge in [-0.05, 0) is 35.7 Å². The van der Waals surface area contributed by atoms with Gasteiger partial charge in [0.25, 0.3) is 0 Å². The molecule has 0 amide bonds. The van der Waals surface area contributed by atoms with Crippen molar-refractivity contribution in [3.63, 3.8) is 0 Å². The first kappa shape index (κ1) is 15.4. The standard InChI is InChI=1S/C15H12F3N3OS/c16-15(17,18)22-12-5-3-11(4-6-12)19-8-10-9-20-21-14(10)13-2-1-7-23-13/h1-7,9,19H,8H2,(H,20,21). The molecule has 0 aliphatic rings. The molecule has 3 rings (SSSR count). The first-order valence-electron chi connectivity index (χ1n) is 6.67. The summed E-state index contributed by atoms with van der Waals surface area (Å²) in [6.45, 7) is 0.503. The SMILES string of the molecule is FC(F)(F)Oc1ccc(NCc2cn[nH]c2-c2cccs2)cc1. The predicted molar refractivity (Wildman–Crippen MR) is 82.4 cm³/mol. The lowest BCUT2D eigenvalue weighted by molar-refractivity contribution is -0.274. The molecule has 23 heavy (non-hydrogen) atoms. The average Bonchev–Trinajstić information content (AvgIpc) is 3.16. The van der Waals surface area contributed by atoms with E-state index in [-0.39, 0.29) is 5.75 Å². The van der Waals surface area contributed by atoms with E-state index in [0.717, 1.165) is 16.1 Å². The Hall–Kier alpha value is -2.48. The van der Waals surface area contributed by atoms with Crippen molar-refractivity contribution in [3.8, 4) is 16.3 Å². The smallest absolute Gasteiger partial charge is 0.406 e. The van der Waals surface area contributed by atoms with E-state index in [0.29, 0.717) is 12.2 Å². The zero-order chi connectivity index (χ0) is 16.3. The Morgan fingerprint density at radius 3 is 2.61 bits per heavy atom. The van der Waals surface area contributed by atoms with Crippen molar-refractivity contribution in [1.29, 1.82) is 0 Å². The largest absolute Gasteiger partial charge is 0.573 e. The van der Waals surface area contributed by atoms with Crippen molar-refractivity contribution < 1.29 is 17.9 Å². The lowest BCUT2D eigenvalue weighted by Gasteiger charge is -2.10. The lowest BCUT2D eigenvalue weighted by atomic mass is 10.2. The van der Waals surface area contributed by atoms with Crippen LogP contribution in [0.2, 0.25) is 0 Å². The number of alkyl halides is 3. The second-order valence-electron chi connectivity index (χ2n) is 4.67. The summed E-state index contributed by atoms with van der Waals surface area (Å²) in [7, 11) is 0. The molecule has 0 saturated carbocycles. The van der Waals surface area contributed by atoms with Crippen molar-refractivity contribution in [1.82, 2.24) is 10.2 Å². The highest BCUT2D eigenvalue weighted by Gasteiger charge is 2.30. The van der Waals surface area contributed by atoms with E-state index in [1.54, 1.807) is 17.5 Å². The maximum atomic E-state index is 12.1. The van der Waals surface area contributed by atoms with E-state index in [2.05, 4.69) is 20.3 Å². The molecule has 0 saturated heterocycles. The zero-order valence-corrected chi connectivity index (χ0v) is 12.5. The molecule has 2 aromatic heterocycles. The number of ether oxygens (including phenoxy) is 1. The molecule has 3 aromatic rings. The summed E-state index contributed by atoms with van der Waals surface area (Å²) >= 11 is 1.60. The molecule has 0 aliphatic carbocycles. The van der Waals surface area contributed by atoms with Crippen molar-refractivity contribution in [2.75, 3.05) is 5.32 Å². The van der Waals surface area contributed by atoms with Gasteiger partial charge >= 0.3 is 6.36 Å². The minimum Gasteiger partial charge on any atom is -0.406 e. The molecule has 0 unspecified atom stereocenters. The fourth-order valence-electron chi connectivity index (χ4n) is 2.05. The maximum Gasteiger partial charge on any atom is 0.573 e. The van der Waals surface area contributed by atoms with E-state index in [1.165, 1.54) is 24.3 Å². The highest BCUT2D eigenvalue weighted by Crippen LogP contribution is 2.27.